The molecule has 3 rings (SSSR count). The lowest BCUT2D eigenvalue weighted by atomic mass is 10.0. The number of phenolic OH excluding ortho intramolecular Hbond substituents is 1. The first-order chi connectivity index (χ1) is 11.7. The van der Waals surface area contributed by atoms with E-state index in [0.717, 1.165) is 11.1 Å². The number of rotatable bonds is 4. The normalized spacial score (nSPS) is 10.7. The van der Waals surface area contributed by atoms with Gasteiger partial charge in [-0.1, -0.05) is 54.6 Å². The van der Waals surface area contributed by atoms with Crippen LogP contribution in [0.5, 0.6) is 5.75 Å². The molecule has 0 bridgehead atoms. The van der Waals surface area contributed by atoms with E-state index in [1.165, 1.54) is 6.21 Å². The molecule has 3 aromatic rings. The molecule has 0 aliphatic heterocycles. The summed E-state index contributed by atoms with van der Waals surface area (Å²) in [7, 11) is 0. The zero-order valence-electron chi connectivity index (χ0n) is 12.9. The van der Waals surface area contributed by atoms with Crippen LogP contribution in [0.2, 0.25) is 0 Å². The summed E-state index contributed by atoms with van der Waals surface area (Å²) in [6.07, 6.45) is 1.48. The molecule has 0 aliphatic carbocycles. The summed E-state index contributed by atoms with van der Waals surface area (Å²) in [6, 6.07) is 23.9. The Labute approximate surface area is 140 Å². The smallest absolute Gasteiger partial charge is 0.271 e. The molecule has 0 radical (unpaired) electrons. The molecular weight excluding hydrogens is 300 g/mol. The molecule has 0 spiro atoms. The highest BCUT2D eigenvalue weighted by Gasteiger charge is 2.04. The first-order valence-electron chi connectivity index (χ1n) is 7.50. The number of benzene rings is 3. The summed E-state index contributed by atoms with van der Waals surface area (Å²) < 4.78 is 0. The van der Waals surface area contributed by atoms with Gasteiger partial charge in [0.2, 0.25) is 0 Å². The molecule has 4 nitrogen and oxygen atoms in total. The van der Waals surface area contributed by atoms with E-state index in [9.17, 15) is 9.90 Å². The number of phenols is 1. The van der Waals surface area contributed by atoms with Crippen molar-refractivity contribution in [3.63, 3.8) is 0 Å². The average Bonchev–Trinajstić information content (AvgIpc) is 2.63. The lowest BCUT2D eigenvalue weighted by Crippen LogP contribution is -2.17. The Morgan fingerprint density at radius 1 is 0.875 bits per heavy atom. The Kier molecular flexibility index (Phi) is 4.68. The van der Waals surface area contributed by atoms with E-state index in [4.69, 9.17) is 0 Å². The van der Waals surface area contributed by atoms with Gasteiger partial charge < -0.3 is 5.11 Å². The molecule has 118 valence electrons. The first-order valence-corrected chi connectivity index (χ1v) is 7.50. The molecule has 1 amide bonds. The third-order valence-corrected chi connectivity index (χ3v) is 3.50. The van der Waals surface area contributed by atoms with Gasteiger partial charge in [-0.25, -0.2) is 5.43 Å². The van der Waals surface area contributed by atoms with Crippen molar-refractivity contribution in [1.82, 2.24) is 5.43 Å². The molecule has 0 saturated carbocycles. The van der Waals surface area contributed by atoms with Gasteiger partial charge in [0.1, 0.15) is 5.75 Å². The van der Waals surface area contributed by atoms with Crippen molar-refractivity contribution in [2.45, 2.75) is 0 Å². The van der Waals surface area contributed by atoms with Crippen molar-refractivity contribution in [1.29, 1.82) is 0 Å². The fourth-order valence-electron chi connectivity index (χ4n) is 2.28. The highest BCUT2D eigenvalue weighted by Crippen LogP contribution is 2.19. The molecule has 0 heterocycles. The van der Waals surface area contributed by atoms with E-state index in [-0.39, 0.29) is 11.7 Å². The number of carbonyl (C=O) groups is 1. The van der Waals surface area contributed by atoms with Crippen LogP contribution in [0.3, 0.4) is 0 Å². The van der Waals surface area contributed by atoms with Gasteiger partial charge in [0.05, 0.1) is 6.21 Å². The second kappa shape index (κ2) is 7.24. The van der Waals surface area contributed by atoms with Gasteiger partial charge >= 0.3 is 0 Å². The fourth-order valence-corrected chi connectivity index (χ4v) is 2.28. The van der Waals surface area contributed by atoms with E-state index < -0.39 is 0 Å². The van der Waals surface area contributed by atoms with Gasteiger partial charge in [0, 0.05) is 5.56 Å². The predicted molar refractivity (Wildman–Crippen MR) is 95.0 cm³/mol. The van der Waals surface area contributed by atoms with E-state index >= 15 is 0 Å². The van der Waals surface area contributed by atoms with Gasteiger partial charge in [0.15, 0.2) is 0 Å². The van der Waals surface area contributed by atoms with Gasteiger partial charge in [-0.2, -0.15) is 5.10 Å². The fraction of sp³-hybridized carbons (Fsp3) is 0. The zero-order chi connectivity index (χ0) is 16.8. The number of hydrazone groups is 1. The molecule has 24 heavy (non-hydrogen) atoms. The number of nitrogens with zero attached hydrogens (tertiary/aromatic N) is 1. The molecule has 0 aromatic heterocycles. The summed E-state index contributed by atoms with van der Waals surface area (Å²) in [6.45, 7) is 0. The van der Waals surface area contributed by atoms with Gasteiger partial charge in [-0.3, -0.25) is 4.79 Å². The number of carbonyl (C=O) groups excluding carboxylic acids is 1. The monoisotopic (exact) mass is 316 g/mol. The van der Waals surface area contributed by atoms with Crippen LogP contribution in [0.25, 0.3) is 11.1 Å². The van der Waals surface area contributed by atoms with Gasteiger partial charge in [-0.15, -0.1) is 0 Å². The summed E-state index contributed by atoms with van der Waals surface area (Å²) in [5.41, 5.74) is 5.86. The number of nitrogens with one attached hydrogen (secondary N) is 1. The Balaban J connectivity index is 1.65. The van der Waals surface area contributed by atoms with E-state index in [0.29, 0.717) is 11.1 Å². The Hall–Kier alpha value is -3.40. The number of hydrogen-bond donors (Lipinski definition) is 2. The van der Waals surface area contributed by atoms with Crippen molar-refractivity contribution in [3.8, 4) is 16.9 Å². The molecule has 0 atom stereocenters. The van der Waals surface area contributed by atoms with Crippen LogP contribution < -0.4 is 5.43 Å². The van der Waals surface area contributed by atoms with Crippen molar-refractivity contribution in [2.24, 2.45) is 5.10 Å². The number of aromatic hydroxyl groups is 1. The second-order valence-electron chi connectivity index (χ2n) is 5.24. The second-order valence-corrected chi connectivity index (χ2v) is 5.24. The Morgan fingerprint density at radius 2 is 1.58 bits per heavy atom. The topological polar surface area (TPSA) is 61.7 Å². The van der Waals surface area contributed by atoms with Crippen molar-refractivity contribution >= 4 is 12.1 Å². The lowest BCUT2D eigenvalue weighted by molar-refractivity contribution is 0.0955. The molecular formula is C20H16N2O2. The van der Waals surface area contributed by atoms with Crippen molar-refractivity contribution < 1.29 is 9.90 Å². The van der Waals surface area contributed by atoms with Crippen LogP contribution in [-0.2, 0) is 0 Å². The zero-order valence-corrected chi connectivity index (χ0v) is 12.9. The third-order valence-electron chi connectivity index (χ3n) is 3.50. The van der Waals surface area contributed by atoms with Crippen LogP contribution in [-0.4, -0.2) is 17.2 Å². The molecule has 0 saturated heterocycles. The van der Waals surface area contributed by atoms with E-state index in [1.807, 2.05) is 42.5 Å². The van der Waals surface area contributed by atoms with Gasteiger partial charge in [-0.05, 0) is 41.0 Å². The van der Waals surface area contributed by atoms with Crippen molar-refractivity contribution in [2.75, 3.05) is 0 Å². The van der Waals surface area contributed by atoms with Crippen LogP contribution in [0, 0.1) is 0 Å². The summed E-state index contributed by atoms with van der Waals surface area (Å²) in [4.78, 5) is 12.1. The van der Waals surface area contributed by atoms with Gasteiger partial charge in [0.25, 0.3) is 5.91 Å². The SMILES string of the molecule is O=C(N/N=C\c1cccc(O)c1)c1ccc(-c2ccccc2)cc1. The standard InChI is InChI=1S/C20H16N2O2/c23-19-8-4-5-15(13-19)14-21-22-20(24)18-11-9-17(10-12-18)16-6-2-1-3-7-16/h1-14,23H,(H,22,24)/b21-14-. The van der Waals surface area contributed by atoms with E-state index in [1.54, 1.807) is 36.4 Å². The van der Waals surface area contributed by atoms with Crippen LogP contribution in [0.15, 0.2) is 84.0 Å². The Morgan fingerprint density at radius 3 is 2.29 bits per heavy atom. The van der Waals surface area contributed by atoms with E-state index in [2.05, 4.69) is 10.5 Å². The quantitative estimate of drug-likeness (QED) is 0.568. The van der Waals surface area contributed by atoms with Crippen LogP contribution >= 0.6 is 0 Å². The number of amides is 1. The summed E-state index contributed by atoms with van der Waals surface area (Å²) >= 11 is 0. The highest BCUT2D eigenvalue weighted by atomic mass is 16.3. The van der Waals surface area contributed by atoms with Crippen molar-refractivity contribution in [3.05, 3.63) is 90.0 Å². The summed E-state index contributed by atoms with van der Waals surface area (Å²) in [5, 5.41) is 13.3. The van der Waals surface area contributed by atoms with Crippen LogP contribution in [0.4, 0.5) is 0 Å². The predicted octanol–water partition coefficient (Wildman–Crippen LogP) is 3.82. The average molecular weight is 316 g/mol. The minimum Gasteiger partial charge on any atom is -0.508 e. The highest BCUT2D eigenvalue weighted by molar-refractivity contribution is 5.95. The summed E-state index contributed by atoms with van der Waals surface area (Å²) in [5.74, 6) is -0.132. The minimum atomic E-state index is -0.286. The molecule has 0 aliphatic rings. The molecule has 0 unspecified atom stereocenters. The lowest BCUT2D eigenvalue weighted by Gasteiger charge is -2.03. The maximum atomic E-state index is 12.1. The Bertz CT molecular complexity index is 856. The maximum absolute atomic E-state index is 12.1. The third kappa shape index (κ3) is 3.87. The maximum Gasteiger partial charge on any atom is 0.271 e. The molecule has 3 aromatic carbocycles. The van der Waals surface area contributed by atoms with Crippen LogP contribution in [0.1, 0.15) is 15.9 Å². The molecule has 0 fully saturated rings. The minimum absolute atomic E-state index is 0.154. The molecule has 2 N–H and O–H groups in total. The first kappa shape index (κ1) is 15.5. The molecule has 4 heteroatoms. The number of hydrogen-bond acceptors (Lipinski definition) is 3. The largest absolute Gasteiger partial charge is 0.508 e.